The molecule has 88 valence electrons. The summed E-state index contributed by atoms with van der Waals surface area (Å²) in [5.74, 6) is -1.28. The maximum absolute atomic E-state index is 13.2. The van der Waals surface area contributed by atoms with Gasteiger partial charge in [-0.05, 0) is 28.7 Å². The summed E-state index contributed by atoms with van der Waals surface area (Å²) in [4.78, 5) is 10.6. The van der Waals surface area contributed by atoms with Gasteiger partial charge in [-0.3, -0.25) is 4.79 Å². The number of aliphatic hydroxyl groups is 1. The van der Waals surface area contributed by atoms with Crippen LogP contribution in [0.1, 0.15) is 0 Å². The second-order valence-corrected chi connectivity index (χ2v) is 4.31. The van der Waals surface area contributed by atoms with Crippen LogP contribution in [0.4, 0.5) is 15.8 Å². The summed E-state index contributed by atoms with van der Waals surface area (Å²) in [5, 5.41) is 11.8. The summed E-state index contributed by atoms with van der Waals surface area (Å²) in [6.07, 6.45) is -1.33. The third-order valence-corrected chi connectivity index (χ3v) is 2.73. The van der Waals surface area contributed by atoms with Crippen molar-refractivity contribution in [3.63, 3.8) is 0 Å². The third-order valence-electron chi connectivity index (χ3n) is 1.91. The average Bonchev–Trinajstić information content (AvgIpc) is 2.20. The summed E-state index contributed by atoms with van der Waals surface area (Å²) in [6.45, 7) is -0.112. The van der Waals surface area contributed by atoms with Crippen LogP contribution in [-0.2, 0) is 4.79 Å². The number of rotatable bonds is 4. The van der Waals surface area contributed by atoms with Crippen molar-refractivity contribution in [3.05, 3.63) is 21.5 Å². The summed E-state index contributed by atoms with van der Waals surface area (Å²) in [7, 11) is 0. The van der Waals surface area contributed by atoms with E-state index >= 15 is 0 Å². The number of nitrogen functional groups attached to an aromatic ring is 1. The molecule has 0 bridgehead atoms. The van der Waals surface area contributed by atoms with Gasteiger partial charge in [0, 0.05) is 12.6 Å². The molecule has 1 rings (SSSR count). The van der Waals surface area contributed by atoms with E-state index in [0.717, 1.165) is 0 Å². The molecule has 0 radical (unpaired) electrons. The fraction of sp³-hybridized carbons (Fsp3) is 0.222. The summed E-state index contributed by atoms with van der Waals surface area (Å²) in [5.41, 5.74) is 11.1. The Kier molecular flexibility index (Phi) is 4.30. The van der Waals surface area contributed by atoms with E-state index in [1.807, 2.05) is 22.6 Å². The second kappa shape index (κ2) is 5.30. The Morgan fingerprint density at radius 2 is 2.25 bits per heavy atom. The van der Waals surface area contributed by atoms with Gasteiger partial charge >= 0.3 is 0 Å². The van der Waals surface area contributed by atoms with Gasteiger partial charge < -0.3 is 21.9 Å². The molecule has 16 heavy (non-hydrogen) atoms. The van der Waals surface area contributed by atoms with Gasteiger partial charge in [-0.25, -0.2) is 4.39 Å². The van der Waals surface area contributed by atoms with Gasteiger partial charge in [-0.15, -0.1) is 0 Å². The lowest BCUT2D eigenvalue weighted by molar-refractivity contribution is -0.125. The zero-order valence-electron chi connectivity index (χ0n) is 8.21. The molecule has 0 aromatic heterocycles. The highest BCUT2D eigenvalue weighted by Gasteiger charge is 2.12. The molecule has 0 aliphatic heterocycles. The zero-order chi connectivity index (χ0) is 12.3. The quantitative estimate of drug-likeness (QED) is 0.467. The minimum Gasteiger partial charge on any atom is -0.397 e. The highest BCUT2D eigenvalue weighted by molar-refractivity contribution is 14.1. The van der Waals surface area contributed by atoms with Crippen molar-refractivity contribution in [2.75, 3.05) is 17.6 Å². The van der Waals surface area contributed by atoms with Gasteiger partial charge in [0.15, 0.2) is 0 Å². The lowest BCUT2D eigenvalue weighted by Crippen LogP contribution is -2.34. The van der Waals surface area contributed by atoms with Gasteiger partial charge in [0.25, 0.3) is 0 Å². The molecule has 1 atom stereocenters. The van der Waals surface area contributed by atoms with Crippen molar-refractivity contribution in [1.29, 1.82) is 0 Å². The molecule has 0 saturated carbocycles. The standard InChI is InChI=1S/C9H11FIN3O2/c10-4-1-7(6(12)2-5(4)11)14-3-8(15)9(13)16/h1-2,8,14-15H,3,12H2,(H2,13,16). The largest absolute Gasteiger partial charge is 0.397 e. The van der Waals surface area contributed by atoms with Crippen LogP contribution in [0.25, 0.3) is 0 Å². The average molecular weight is 339 g/mol. The number of halogens is 2. The number of carbonyl (C=O) groups is 1. The van der Waals surface area contributed by atoms with E-state index in [0.29, 0.717) is 14.9 Å². The van der Waals surface area contributed by atoms with Gasteiger partial charge in [-0.2, -0.15) is 0 Å². The fourth-order valence-electron chi connectivity index (χ4n) is 1.02. The number of nitrogens with one attached hydrogen (secondary N) is 1. The van der Waals surface area contributed by atoms with E-state index in [4.69, 9.17) is 16.6 Å². The van der Waals surface area contributed by atoms with Crippen LogP contribution in [0.5, 0.6) is 0 Å². The Morgan fingerprint density at radius 1 is 1.62 bits per heavy atom. The van der Waals surface area contributed by atoms with Crippen molar-refractivity contribution >= 4 is 39.9 Å². The van der Waals surface area contributed by atoms with Crippen molar-refractivity contribution < 1.29 is 14.3 Å². The minimum absolute atomic E-state index is 0.112. The highest BCUT2D eigenvalue weighted by Crippen LogP contribution is 2.23. The van der Waals surface area contributed by atoms with Crippen LogP contribution in [-0.4, -0.2) is 23.7 Å². The number of primary amides is 1. The van der Waals surface area contributed by atoms with E-state index in [-0.39, 0.29) is 6.54 Å². The Hall–Kier alpha value is -1.09. The van der Waals surface area contributed by atoms with Crippen LogP contribution >= 0.6 is 22.6 Å². The van der Waals surface area contributed by atoms with E-state index in [1.165, 1.54) is 12.1 Å². The number of anilines is 2. The molecule has 0 fully saturated rings. The molecule has 0 aliphatic rings. The van der Waals surface area contributed by atoms with E-state index < -0.39 is 17.8 Å². The lowest BCUT2D eigenvalue weighted by Gasteiger charge is -2.12. The van der Waals surface area contributed by atoms with Gasteiger partial charge in [0.05, 0.1) is 14.9 Å². The minimum atomic E-state index is -1.33. The number of carbonyl (C=O) groups excluding carboxylic acids is 1. The zero-order valence-corrected chi connectivity index (χ0v) is 10.4. The Bertz CT molecular complexity index is 414. The maximum atomic E-state index is 13.2. The number of nitrogens with two attached hydrogens (primary N) is 2. The predicted molar refractivity (Wildman–Crippen MR) is 67.2 cm³/mol. The fourth-order valence-corrected chi connectivity index (χ4v) is 1.51. The second-order valence-electron chi connectivity index (χ2n) is 3.15. The van der Waals surface area contributed by atoms with Crippen LogP contribution in [0, 0.1) is 9.39 Å². The van der Waals surface area contributed by atoms with Gasteiger partial charge in [0.2, 0.25) is 5.91 Å². The van der Waals surface area contributed by atoms with Crippen molar-refractivity contribution in [2.24, 2.45) is 5.73 Å². The monoisotopic (exact) mass is 339 g/mol. The van der Waals surface area contributed by atoms with Crippen molar-refractivity contribution in [1.82, 2.24) is 0 Å². The molecule has 7 heteroatoms. The van der Waals surface area contributed by atoms with E-state index in [2.05, 4.69) is 5.32 Å². The first-order chi connectivity index (χ1) is 7.41. The molecule has 0 spiro atoms. The topological polar surface area (TPSA) is 101 Å². The summed E-state index contributed by atoms with van der Waals surface area (Å²) in [6, 6.07) is 2.65. The molecule has 1 amide bonds. The number of amides is 1. The lowest BCUT2D eigenvalue weighted by atomic mass is 10.2. The first-order valence-electron chi connectivity index (χ1n) is 4.37. The first kappa shape index (κ1) is 13.0. The third kappa shape index (κ3) is 3.20. The Labute approximate surface area is 105 Å². The molecule has 1 aromatic rings. The number of hydrogen-bond acceptors (Lipinski definition) is 4. The van der Waals surface area contributed by atoms with E-state index in [1.54, 1.807) is 0 Å². The van der Waals surface area contributed by atoms with Crippen LogP contribution in [0.15, 0.2) is 12.1 Å². The smallest absolute Gasteiger partial charge is 0.248 e. The van der Waals surface area contributed by atoms with E-state index in [9.17, 15) is 9.18 Å². The Morgan fingerprint density at radius 3 is 2.81 bits per heavy atom. The molecule has 0 aliphatic carbocycles. The van der Waals surface area contributed by atoms with Gasteiger partial charge in [-0.1, -0.05) is 0 Å². The Balaban J connectivity index is 2.74. The normalized spacial score (nSPS) is 12.2. The molecule has 5 nitrogen and oxygen atoms in total. The molecule has 0 saturated heterocycles. The summed E-state index contributed by atoms with van der Waals surface area (Å²) >= 11 is 1.81. The number of benzene rings is 1. The molecule has 0 heterocycles. The molecule has 6 N–H and O–H groups in total. The van der Waals surface area contributed by atoms with Crippen LogP contribution < -0.4 is 16.8 Å². The predicted octanol–water partition coefficient (Wildman–Crippen LogP) is 0.271. The molecular weight excluding hydrogens is 328 g/mol. The van der Waals surface area contributed by atoms with Crippen LogP contribution in [0.3, 0.4) is 0 Å². The highest BCUT2D eigenvalue weighted by atomic mass is 127. The summed E-state index contributed by atoms with van der Waals surface area (Å²) < 4.78 is 13.6. The van der Waals surface area contributed by atoms with Crippen LogP contribution in [0.2, 0.25) is 0 Å². The maximum Gasteiger partial charge on any atom is 0.248 e. The number of aliphatic hydroxyl groups excluding tert-OH is 1. The molecule has 1 aromatic carbocycles. The molecular formula is C9H11FIN3O2. The SMILES string of the molecule is NC(=O)C(O)CNc1cc(F)c(I)cc1N. The first-order valence-corrected chi connectivity index (χ1v) is 5.45. The van der Waals surface area contributed by atoms with Crippen molar-refractivity contribution in [3.8, 4) is 0 Å². The molecule has 1 unspecified atom stereocenters. The van der Waals surface area contributed by atoms with Crippen molar-refractivity contribution in [2.45, 2.75) is 6.10 Å². The number of hydrogen-bond donors (Lipinski definition) is 4. The van der Waals surface area contributed by atoms with Gasteiger partial charge in [0.1, 0.15) is 11.9 Å².